The molecule has 24 aromatic rings. The summed E-state index contributed by atoms with van der Waals surface area (Å²) in [6, 6.07) is 154. The fraction of sp³-hybridized carbons (Fsp3) is 0.0714. The number of fused-ring (bicyclic) bond motifs is 21. The number of para-hydroxylation sites is 1. The lowest BCUT2D eigenvalue weighted by Crippen LogP contribution is -2.14. The van der Waals surface area contributed by atoms with Crippen molar-refractivity contribution in [3.05, 3.63) is 470 Å². The molecule has 6 heterocycles. The third-order valence-corrected chi connectivity index (χ3v) is 28.4. The predicted octanol–water partition coefficient (Wildman–Crippen LogP) is 30.8. The lowest BCUT2D eigenvalue weighted by atomic mass is 9.82. The number of rotatable bonds is 12. The van der Waals surface area contributed by atoms with Crippen molar-refractivity contribution in [2.24, 2.45) is 0 Å². The van der Waals surface area contributed by atoms with Crippen LogP contribution < -0.4 is 0 Å². The molecule has 6 aromatic heterocycles. The van der Waals surface area contributed by atoms with E-state index in [2.05, 4.69) is 359 Å². The summed E-state index contributed by atoms with van der Waals surface area (Å²) in [5.41, 5.74) is 34.5. The molecule has 12 nitrogen and oxygen atoms in total. The fourth-order valence-electron chi connectivity index (χ4n) is 21.6. The summed E-state index contributed by atoms with van der Waals surface area (Å²) in [4.78, 5) is 45.8. The van der Waals surface area contributed by atoms with Crippen LogP contribution in [-0.2, 0) is 16.2 Å². The molecule has 654 valence electrons. The minimum absolute atomic E-state index is 0.106. The third kappa shape index (κ3) is 13.7. The number of nitrogens with zero attached hydrogens (tertiary/aromatic N) is 12. The van der Waals surface area contributed by atoms with Crippen LogP contribution in [0.15, 0.2) is 437 Å². The summed E-state index contributed by atoms with van der Waals surface area (Å²) in [5, 5.41) is 7.20. The Morgan fingerprint density at radius 1 is 0.167 bits per heavy atom. The maximum absolute atomic E-state index is 5.23. The van der Waals surface area contributed by atoms with Crippen LogP contribution in [0.4, 0.5) is 0 Å². The molecule has 0 saturated heterocycles. The molecule has 0 N–H and O–H groups in total. The zero-order chi connectivity index (χ0) is 92.5. The Bertz CT molecular complexity index is 8770. The van der Waals surface area contributed by atoms with Crippen LogP contribution in [0.3, 0.4) is 0 Å². The number of hydrogen-bond donors (Lipinski definition) is 0. The standard InChI is InChI=1S/C48H34N4.C42H30N4.C36H26N4/c1-48(2)40-24-13-12-23-39(40)43-41(48)28-27-38-37-26-25-34(31-15-6-3-7-16-31)30-42(37)52(44(38)43)36-22-14-21-35(29-36)47-50-45(32-17-8-4-9-18-32)49-46(51-47)33-19-10-5-11-20-33;1-42(2)34-21-13-12-20-33(34)37-35(42)25-24-32-31-23-22-30(27-14-6-3-7-15-27)26-36(31)46(38(32)37)41-44-39(28-16-8-4-9-17-28)43-40(45-41)29-18-10-5-11-19-29;1-36(2)28-19-11-9-18-27(28)31-29(36)22-21-26-25-17-10-12-20-30(25)40(32(26)31)35-38-33(23-13-5-3-6-14-23)37-34(39-35)24-15-7-4-8-16-24/h3-30H,1-2H3;3-26H,1-2H3;3-22H,1-2H3. The number of aromatic nitrogens is 12. The van der Waals surface area contributed by atoms with Gasteiger partial charge >= 0.3 is 0 Å². The van der Waals surface area contributed by atoms with Gasteiger partial charge < -0.3 is 4.57 Å². The average molecular weight is 1770 g/mol. The first-order valence-corrected chi connectivity index (χ1v) is 47.2. The average Bonchev–Trinajstić information content (AvgIpc) is 1.55. The maximum atomic E-state index is 5.23. The van der Waals surface area contributed by atoms with Gasteiger partial charge in [-0.05, 0) is 103 Å². The van der Waals surface area contributed by atoms with E-state index < -0.39 is 0 Å². The Morgan fingerprint density at radius 3 is 0.768 bits per heavy atom. The van der Waals surface area contributed by atoms with Crippen molar-refractivity contribution < 1.29 is 0 Å². The summed E-state index contributed by atoms with van der Waals surface area (Å²) in [5.74, 6) is 5.76. The summed E-state index contributed by atoms with van der Waals surface area (Å²) < 4.78 is 7.01. The van der Waals surface area contributed by atoms with Crippen LogP contribution in [0, 0.1) is 0 Å². The summed E-state index contributed by atoms with van der Waals surface area (Å²) >= 11 is 0. The van der Waals surface area contributed by atoms with Gasteiger partial charge in [0.25, 0.3) is 0 Å². The van der Waals surface area contributed by atoms with Crippen molar-refractivity contribution in [3.63, 3.8) is 0 Å². The molecule has 12 heteroatoms. The van der Waals surface area contributed by atoms with Crippen LogP contribution >= 0.6 is 0 Å². The van der Waals surface area contributed by atoms with E-state index in [1.54, 1.807) is 0 Å². The highest BCUT2D eigenvalue weighted by Crippen LogP contribution is 2.57. The van der Waals surface area contributed by atoms with Crippen molar-refractivity contribution in [2.75, 3.05) is 0 Å². The van der Waals surface area contributed by atoms with E-state index in [0.29, 0.717) is 52.7 Å². The zero-order valence-corrected chi connectivity index (χ0v) is 76.9. The molecule has 0 fully saturated rings. The quantitative estimate of drug-likeness (QED) is 0.117. The first kappa shape index (κ1) is 82.3. The second-order valence-corrected chi connectivity index (χ2v) is 37.5. The van der Waals surface area contributed by atoms with Crippen molar-refractivity contribution in [1.82, 2.24) is 58.6 Å². The molecule has 3 aliphatic rings. The van der Waals surface area contributed by atoms with Gasteiger partial charge in [0.15, 0.2) is 40.8 Å². The van der Waals surface area contributed by atoms with Gasteiger partial charge in [0, 0.05) is 110 Å². The number of hydrogen-bond acceptors (Lipinski definition) is 9. The van der Waals surface area contributed by atoms with Gasteiger partial charge in [-0.15, -0.1) is 0 Å². The molecule has 138 heavy (non-hydrogen) atoms. The molecule has 3 aliphatic carbocycles. The van der Waals surface area contributed by atoms with Crippen molar-refractivity contribution in [1.29, 1.82) is 0 Å². The van der Waals surface area contributed by atoms with E-state index in [-0.39, 0.29) is 16.2 Å². The molecule has 0 radical (unpaired) electrons. The van der Waals surface area contributed by atoms with E-state index >= 15 is 0 Å². The highest BCUT2D eigenvalue weighted by molar-refractivity contribution is 6.19. The monoisotopic (exact) mass is 1770 g/mol. The molecule has 0 atom stereocenters. The van der Waals surface area contributed by atoms with Crippen LogP contribution in [0.5, 0.6) is 0 Å². The van der Waals surface area contributed by atoms with Gasteiger partial charge in [-0.2, -0.15) is 19.9 Å². The normalized spacial score (nSPS) is 13.2. The maximum Gasteiger partial charge on any atom is 0.238 e. The summed E-state index contributed by atoms with van der Waals surface area (Å²) in [6.45, 7) is 14.0. The predicted molar refractivity (Wildman–Crippen MR) is 564 cm³/mol. The highest BCUT2D eigenvalue weighted by atomic mass is 15.2. The van der Waals surface area contributed by atoms with Crippen LogP contribution in [0.2, 0.25) is 0 Å². The topological polar surface area (TPSA) is 131 Å². The van der Waals surface area contributed by atoms with Crippen molar-refractivity contribution >= 4 is 65.4 Å². The summed E-state index contributed by atoms with van der Waals surface area (Å²) in [6.07, 6.45) is 0. The van der Waals surface area contributed by atoms with Gasteiger partial charge in [0.1, 0.15) is 0 Å². The van der Waals surface area contributed by atoms with E-state index in [1.165, 1.54) is 121 Å². The van der Waals surface area contributed by atoms with Gasteiger partial charge in [0.2, 0.25) is 11.9 Å². The van der Waals surface area contributed by atoms with Crippen LogP contribution in [0.1, 0.15) is 74.9 Å². The molecule has 0 amide bonds. The Labute approximate surface area is 799 Å². The van der Waals surface area contributed by atoms with Crippen molar-refractivity contribution in [2.45, 2.75) is 57.8 Å². The zero-order valence-electron chi connectivity index (χ0n) is 76.9. The molecule has 27 rings (SSSR count). The highest BCUT2D eigenvalue weighted by Gasteiger charge is 2.42. The van der Waals surface area contributed by atoms with E-state index in [0.717, 1.165) is 77.8 Å². The van der Waals surface area contributed by atoms with Gasteiger partial charge in [-0.3, -0.25) is 9.13 Å². The molecular weight excluding hydrogens is 1680 g/mol. The van der Waals surface area contributed by atoms with E-state index in [4.69, 9.17) is 44.9 Å². The molecule has 0 bridgehead atoms. The first-order chi connectivity index (χ1) is 67.7. The SMILES string of the molecule is CC1(C)c2ccccc2-c2c1ccc1c3ccc(-c4ccccc4)cc3n(-c3cccc(-c4nc(-c5ccccc5)nc(-c5ccccc5)n4)c3)c21.CC1(C)c2ccccc2-c2c1ccc1c3ccc(-c4ccccc4)cc3n(-c3nc(-c4ccccc4)nc(-c4ccccc4)n3)c21.CC1(C)c2ccccc2-c2c1ccc1c3ccccc3n(-c3nc(-c4ccccc4)nc(-c4ccccc4)n3)c21. The third-order valence-electron chi connectivity index (χ3n) is 28.4. The van der Waals surface area contributed by atoms with Crippen LogP contribution in [-0.4, -0.2) is 58.6 Å². The first-order valence-electron chi connectivity index (χ1n) is 47.2. The molecular formula is C126H90N12. The van der Waals surface area contributed by atoms with E-state index in [1.807, 2.05) is 133 Å². The Kier molecular flexibility index (Phi) is 19.6. The Balaban J connectivity index is 0.000000111. The van der Waals surface area contributed by atoms with Crippen molar-refractivity contribution in [3.8, 4) is 153 Å². The minimum atomic E-state index is -0.139. The fourth-order valence-corrected chi connectivity index (χ4v) is 21.6. The molecule has 0 unspecified atom stereocenters. The lowest BCUT2D eigenvalue weighted by molar-refractivity contribution is 0.660. The smallest absolute Gasteiger partial charge is 0.238 e. The van der Waals surface area contributed by atoms with Gasteiger partial charge in [-0.25, -0.2) is 24.9 Å². The van der Waals surface area contributed by atoms with Crippen LogP contribution in [0.25, 0.3) is 218 Å². The summed E-state index contributed by atoms with van der Waals surface area (Å²) in [7, 11) is 0. The molecule has 0 saturated carbocycles. The molecule has 0 aliphatic heterocycles. The molecule has 18 aromatic carbocycles. The number of benzene rings is 18. The Hall–Kier alpha value is -17.6. The Morgan fingerprint density at radius 2 is 0.420 bits per heavy atom. The lowest BCUT2D eigenvalue weighted by Gasteiger charge is -2.21. The second kappa shape index (κ2) is 32.9. The van der Waals surface area contributed by atoms with E-state index in [9.17, 15) is 0 Å². The molecule has 0 spiro atoms. The van der Waals surface area contributed by atoms with Gasteiger partial charge in [-0.1, -0.05) is 448 Å². The van der Waals surface area contributed by atoms with Gasteiger partial charge in [0.05, 0.1) is 33.1 Å². The largest absolute Gasteiger partial charge is 0.309 e. The minimum Gasteiger partial charge on any atom is -0.309 e. The second-order valence-electron chi connectivity index (χ2n) is 37.5.